The Morgan fingerprint density at radius 1 is 1.53 bits per heavy atom. The predicted octanol–water partition coefficient (Wildman–Crippen LogP) is 2.86. The lowest BCUT2D eigenvalue weighted by atomic mass is 10.3. The largest absolute Gasteiger partial charge is 0.281 e. The van der Waals surface area contributed by atoms with Crippen molar-refractivity contribution in [2.24, 2.45) is 0 Å². The molecule has 0 aromatic carbocycles. The highest BCUT2D eigenvalue weighted by molar-refractivity contribution is 14.1. The van der Waals surface area contributed by atoms with E-state index >= 15 is 0 Å². The van der Waals surface area contributed by atoms with Crippen LogP contribution in [0.15, 0.2) is 11.0 Å². The van der Waals surface area contributed by atoms with Crippen LogP contribution in [0.4, 0.5) is 8.78 Å². The van der Waals surface area contributed by atoms with Crippen molar-refractivity contribution < 1.29 is 17.2 Å². The molecule has 3 nitrogen and oxygen atoms in total. The number of hydrogen-bond donors (Lipinski definition) is 0. The van der Waals surface area contributed by atoms with Crippen molar-refractivity contribution in [1.82, 2.24) is 4.98 Å². The molecule has 0 aliphatic carbocycles. The van der Waals surface area contributed by atoms with Gasteiger partial charge in [-0.2, -0.15) is 0 Å². The van der Waals surface area contributed by atoms with Crippen LogP contribution < -0.4 is 0 Å². The number of pyridine rings is 1. The fourth-order valence-corrected chi connectivity index (χ4v) is 2.42. The zero-order valence-corrected chi connectivity index (χ0v) is 11.1. The van der Waals surface area contributed by atoms with E-state index < -0.39 is 26.1 Å². The third-order valence-electron chi connectivity index (χ3n) is 1.61. The van der Waals surface area contributed by atoms with Crippen molar-refractivity contribution in [3.63, 3.8) is 0 Å². The molecule has 1 aromatic heterocycles. The first-order valence-corrected chi connectivity index (χ1v) is 7.02. The Morgan fingerprint density at radius 2 is 2.07 bits per heavy atom. The first-order valence-electron chi connectivity index (χ1n) is 3.63. The van der Waals surface area contributed by atoms with E-state index in [0.29, 0.717) is 9.26 Å². The first-order chi connectivity index (χ1) is 6.73. The van der Waals surface area contributed by atoms with Gasteiger partial charge in [-0.15, -0.1) is 0 Å². The molecule has 1 rings (SSSR count). The molecule has 0 amide bonds. The Balaban J connectivity index is 3.56. The second kappa shape index (κ2) is 4.46. The van der Waals surface area contributed by atoms with Crippen LogP contribution in [0.2, 0.25) is 0 Å². The summed E-state index contributed by atoms with van der Waals surface area (Å²) < 4.78 is 47.3. The van der Waals surface area contributed by atoms with Gasteiger partial charge in [0.05, 0.1) is 0 Å². The van der Waals surface area contributed by atoms with E-state index in [-0.39, 0.29) is 0 Å². The molecule has 0 saturated carbocycles. The van der Waals surface area contributed by atoms with Crippen LogP contribution in [0.1, 0.15) is 17.7 Å². The monoisotopic (exact) mass is 367 g/mol. The molecular weight excluding hydrogens is 363 g/mol. The van der Waals surface area contributed by atoms with E-state index in [9.17, 15) is 17.2 Å². The number of halogens is 4. The molecule has 1 heterocycles. The number of nitrogens with zero attached hydrogens (tertiary/aromatic N) is 1. The molecule has 1 aromatic rings. The van der Waals surface area contributed by atoms with Gasteiger partial charge in [0, 0.05) is 10.7 Å². The lowest BCUT2D eigenvalue weighted by Crippen LogP contribution is -2.04. The minimum Gasteiger partial charge on any atom is -0.239 e. The van der Waals surface area contributed by atoms with Crippen LogP contribution in [0.5, 0.6) is 0 Å². The topological polar surface area (TPSA) is 47.0 Å². The molecule has 0 fully saturated rings. The van der Waals surface area contributed by atoms with Gasteiger partial charge < -0.3 is 0 Å². The summed E-state index contributed by atoms with van der Waals surface area (Å²) in [5, 5.41) is 0. The molecule has 0 aliphatic rings. The lowest BCUT2D eigenvalue weighted by Gasteiger charge is -2.07. The summed E-state index contributed by atoms with van der Waals surface area (Å²) >= 11 is 1.75. The highest BCUT2D eigenvalue weighted by Crippen LogP contribution is 2.29. The van der Waals surface area contributed by atoms with E-state index in [2.05, 4.69) is 4.98 Å². The molecule has 84 valence electrons. The SMILES string of the molecule is Cc1cc(S(=O)(=O)Cl)c(C(F)F)nc1I. The van der Waals surface area contributed by atoms with Gasteiger partial charge >= 0.3 is 0 Å². The highest BCUT2D eigenvalue weighted by Gasteiger charge is 2.24. The minimum atomic E-state index is -4.19. The second-order valence-electron chi connectivity index (χ2n) is 2.72. The van der Waals surface area contributed by atoms with Gasteiger partial charge in [-0.05, 0) is 41.1 Å². The van der Waals surface area contributed by atoms with Gasteiger partial charge in [0.1, 0.15) is 14.3 Å². The second-order valence-corrected chi connectivity index (χ2v) is 6.27. The van der Waals surface area contributed by atoms with E-state index in [0.717, 1.165) is 6.07 Å². The van der Waals surface area contributed by atoms with Crippen molar-refractivity contribution in [3.05, 3.63) is 21.0 Å². The van der Waals surface area contributed by atoms with Crippen LogP contribution in [-0.2, 0) is 9.05 Å². The van der Waals surface area contributed by atoms with Gasteiger partial charge in [-0.1, -0.05) is 0 Å². The summed E-state index contributed by atoms with van der Waals surface area (Å²) in [6.07, 6.45) is -2.97. The molecule has 0 atom stereocenters. The first kappa shape index (κ1) is 13.0. The number of aromatic nitrogens is 1. The molecule has 0 saturated heterocycles. The predicted molar refractivity (Wildman–Crippen MR) is 59.7 cm³/mol. The maximum absolute atomic E-state index is 12.5. The normalized spacial score (nSPS) is 12.1. The van der Waals surface area contributed by atoms with E-state index in [1.54, 1.807) is 29.5 Å². The zero-order valence-electron chi connectivity index (χ0n) is 7.34. The van der Waals surface area contributed by atoms with Crippen LogP contribution in [0.3, 0.4) is 0 Å². The molecule has 0 spiro atoms. The Bertz CT molecular complexity index is 492. The maximum atomic E-state index is 12.5. The molecule has 15 heavy (non-hydrogen) atoms. The Labute approximate surface area is 103 Å². The molecule has 8 heteroatoms. The number of rotatable bonds is 2. The van der Waals surface area contributed by atoms with E-state index in [1.807, 2.05) is 0 Å². The molecular formula is C7H5ClF2INO2S. The number of hydrogen-bond acceptors (Lipinski definition) is 3. The van der Waals surface area contributed by atoms with Gasteiger partial charge in [0.15, 0.2) is 0 Å². The fraction of sp³-hybridized carbons (Fsp3) is 0.286. The Hall–Kier alpha value is -0.0200. The Kier molecular flexibility index (Phi) is 3.88. The smallest absolute Gasteiger partial charge is 0.239 e. The van der Waals surface area contributed by atoms with Crippen molar-refractivity contribution in [2.75, 3.05) is 0 Å². The number of aryl methyl sites for hydroxylation is 1. The van der Waals surface area contributed by atoms with Crippen LogP contribution in [-0.4, -0.2) is 13.4 Å². The lowest BCUT2D eigenvalue weighted by molar-refractivity contribution is 0.142. The van der Waals surface area contributed by atoms with Gasteiger partial charge in [0.25, 0.3) is 15.5 Å². The van der Waals surface area contributed by atoms with Crippen molar-refractivity contribution in [1.29, 1.82) is 0 Å². The average molecular weight is 368 g/mol. The summed E-state index contributed by atoms with van der Waals surface area (Å²) in [6, 6.07) is 1.10. The summed E-state index contributed by atoms with van der Waals surface area (Å²) in [6.45, 7) is 1.57. The van der Waals surface area contributed by atoms with Crippen LogP contribution >= 0.6 is 33.3 Å². The Morgan fingerprint density at radius 3 is 2.47 bits per heavy atom. The number of alkyl halides is 2. The highest BCUT2D eigenvalue weighted by atomic mass is 127. The van der Waals surface area contributed by atoms with Gasteiger partial charge in [0.2, 0.25) is 0 Å². The fourth-order valence-electron chi connectivity index (χ4n) is 0.931. The van der Waals surface area contributed by atoms with Crippen molar-refractivity contribution in [3.8, 4) is 0 Å². The van der Waals surface area contributed by atoms with Gasteiger partial charge in [-0.25, -0.2) is 22.2 Å². The minimum absolute atomic E-state index is 0.326. The van der Waals surface area contributed by atoms with Crippen molar-refractivity contribution >= 4 is 42.3 Å². The van der Waals surface area contributed by atoms with Gasteiger partial charge in [-0.3, -0.25) is 0 Å². The maximum Gasteiger partial charge on any atom is 0.281 e. The zero-order chi connectivity index (χ0) is 11.8. The summed E-state index contributed by atoms with van der Waals surface area (Å²) in [5.41, 5.74) is -0.320. The third-order valence-corrected chi connectivity index (χ3v) is 4.06. The van der Waals surface area contributed by atoms with E-state index in [1.165, 1.54) is 0 Å². The average Bonchev–Trinajstić information content (AvgIpc) is 2.06. The summed E-state index contributed by atoms with van der Waals surface area (Å²) in [7, 11) is 0.837. The molecule has 0 N–H and O–H groups in total. The van der Waals surface area contributed by atoms with Crippen molar-refractivity contribution in [2.45, 2.75) is 18.2 Å². The summed E-state index contributed by atoms with van der Waals surface area (Å²) in [4.78, 5) is 2.88. The molecule has 0 unspecified atom stereocenters. The van der Waals surface area contributed by atoms with E-state index in [4.69, 9.17) is 10.7 Å². The third kappa shape index (κ3) is 2.97. The summed E-state index contributed by atoms with van der Waals surface area (Å²) in [5.74, 6) is 0. The molecule has 0 radical (unpaired) electrons. The standard InChI is InChI=1S/C7H5ClF2INO2S/c1-3-2-4(15(8,13)14)5(6(9)10)12-7(3)11/h2,6H,1H3. The molecule has 0 bridgehead atoms. The van der Waals surface area contributed by atoms with Crippen LogP contribution in [0.25, 0.3) is 0 Å². The van der Waals surface area contributed by atoms with Crippen LogP contribution in [0, 0.1) is 10.6 Å². The quantitative estimate of drug-likeness (QED) is 0.459. The molecule has 0 aliphatic heterocycles.